The van der Waals surface area contributed by atoms with Crippen LogP contribution in [-0.4, -0.2) is 28.8 Å². The van der Waals surface area contributed by atoms with E-state index in [1.807, 2.05) is 42.1 Å². The molecule has 132 valence electrons. The molecule has 0 spiro atoms. The van der Waals surface area contributed by atoms with Gasteiger partial charge in [0, 0.05) is 30.9 Å². The summed E-state index contributed by atoms with van der Waals surface area (Å²) in [6.07, 6.45) is 4.91. The summed E-state index contributed by atoms with van der Waals surface area (Å²) < 4.78 is 1.96. The van der Waals surface area contributed by atoms with Crippen LogP contribution in [0.5, 0.6) is 0 Å². The minimum absolute atomic E-state index is 0. The van der Waals surface area contributed by atoms with E-state index in [0.29, 0.717) is 6.54 Å². The normalized spacial score (nSPS) is 11.0. The minimum Gasteiger partial charge on any atom is -0.357 e. The number of guanidine groups is 1. The van der Waals surface area contributed by atoms with E-state index in [4.69, 9.17) is 11.6 Å². The second-order valence-electron chi connectivity index (χ2n) is 5.35. The fourth-order valence-corrected chi connectivity index (χ4v) is 2.37. The summed E-state index contributed by atoms with van der Waals surface area (Å²) in [4.78, 5) is 4.58. The second-order valence-corrected chi connectivity index (χ2v) is 5.75. The molecule has 2 aromatic rings. The molecule has 1 aromatic heterocycles. The van der Waals surface area contributed by atoms with Gasteiger partial charge >= 0.3 is 0 Å². The molecule has 0 saturated heterocycles. The van der Waals surface area contributed by atoms with Crippen molar-refractivity contribution < 1.29 is 0 Å². The third kappa shape index (κ3) is 7.09. The number of nitrogens with zero attached hydrogens (tertiary/aromatic N) is 3. The van der Waals surface area contributed by atoms with Crippen molar-refractivity contribution in [1.29, 1.82) is 0 Å². The second kappa shape index (κ2) is 11.3. The summed E-state index contributed by atoms with van der Waals surface area (Å²) >= 11 is 6.16. The lowest BCUT2D eigenvalue weighted by atomic mass is 10.2. The van der Waals surface area contributed by atoms with Crippen LogP contribution < -0.4 is 10.6 Å². The lowest BCUT2D eigenvalue weighted by Gasteiger charge is -2.11. The number of rotatable bonds is 7. The van der Waals surface area contributed by atoms with E-state index in [9.17, 15) is 0 Å². The average molecular weight is 462 g/mol. The fourth-order valence-electron chi connectivity index (χ4n) is 2.17. The molecule has 7 heteroatoms. The van der Waals surface area contributed by atoms with Gasteiger partial charge in [-0.25, -0.2) is 4.99 Å². The van der Waals surface area contributed by atoms with E-state index >= 15 is 0 Å². The van der Waals surface area contributed by atoms with E-state index in [0.717, 1.165) is 42.6 Å². The number of aliphatic imine (C=N–C) groups is 1. The molecule has 1 heterocycles. The molecule has 0 unspecified atom stereocenters. The Morgan fingerprint density at radius 1 is 1.29 bits per heavy atom. The van der Waals surface area contributed by atoms with E-state index < -0.39 is 0 Å². The van der Waals surface area contributed by atoms with Crippen molar-refractivity contribution in [1.82, 2.24) is 20.4 Å². The first-order valence-corrected chi connectivity index (χ1v) is 8.31. The molecule has 0 aliphatic heterocycles. The van der Waals surface area contributed by atoms with Crippen LogP contribution >= 0.6 is 35.6 Å². The van der Waals surface area contributed by atoms with Gasteiger partial charge in [-0.1, -0.05) is 29.8 Å². The molecular formula is C17H25ClIN5. The summed E-state index contributed by atoms with van der Waals surface area (Å²) in [7, 11) is 0. The number of hydrogen-bond acceptors (Lipinski definition) is 2. The number of hydrogen-bond donors (Lipinski definition) is 2. The van der Waals surface area contributed by atoms with E-state index in [2.05, 4.69) is 33.8 Å². The molecule has 1 aromatic carbocycles. The van der Waals surface area contributed by atoms with Crippen LogP contribution in [0.3, 0.4) is 0 Å². The molecule has 2 N–H and O–H groups in total. The monoisotopic (exact) mass is 461 g/mol. The first-order valence-electron chi connectivity index (χ1n) is 7.93. The number of aryl methyl sites for hydroxylation is 2. The maximum absolute atomic E-state index is 6.16. The number of halogens is 2. The van der Waals surface area contributed by atoms with Gasteiger partial charge in [0.1, 0.15) is 0 Å². The third-order valence-corrected chi connectivity index (χ3v) is 3.70. The van der Waals surface area contributed by atoms with Crippen LogP contribution in [0.15, 0.2) is 41.7 Å². The van der Waals surface area contributed by atoms with Gasteiger partial charge in [-0.3, -0.25) is 4.68 Å². The predicted octanol–water partition coefficient (Wildman–Crippen LogP) is 3.61. The Balaban J connectivity index is 0.00000288. The SMILES string of the molecule is CCNC(=NCc1ccccc1Cl)NCCCn1cc(C)cn1.I. The zero-order chi connectivity index (χ0) is 16.5. The topological polar surface area (TPSA) is 54.2 Å². The Morgan fingerprint density at radius 2 is 2.08 bits per heavy atom. The van der Waals surface area contributed by atoms with Crippen molar-refractivity contribution in [3.63, 3.8) is 0 Å². The number of nitrogens with one attached hydrogen (secondary N) is 2. The van der Waals surface area contributed by atoms with Gasteiger partial charge in [0.25, 0.3) is 0 Å². The maximum atomic E-state index is 6.16. The molecule has 0 fully saturated rings. The number of benzene rings is 1. The standard InChI is InChI=1S/C17H24ClN5.HI/c1-3-19-17(21-12-15-7-4-5-8-16(15)18)20-9-6-10-23-13-14(2)11-22-23;/h4-5,7-8,11,13H,3,6,9-10,12H2,1-2H3,(H2,19,20,21);1H. The Labute approximate surface area is 165 Å². The first kappa shape index (κ1) is 20.8. The summed E-state index contributed by atoms with van der Waals surface area (Å²) in [6.45, 7) is 7.23. The Hall–Kier alpha value is -1.28. The first-order chi connectivity index (χ1) is 11.2. The lowest BCUT2D eigenvalue weighted by molar-refractivity contribution is 0.570. The fraction of sp³-hybridized carbons (Fsp3) is 0.412. The van der Waals surface area contributed by atoms with Crippen molar-refractivity contribution in [3.8, 4) is 0 Å². The van der Waals surface area contributed by atoms with Crippen LogP contribution in [0.25, 0.3) is 0 Å². The molecule has 0 atom stereocenters. The highest BCUT2D eigenvalue weighted by Crippen LogP contribution is 2.15. The van der Waals surface area contributed by atoms with Gasteiger partial charge < -0.3 is 10.6 Å². The van der Waals surface area contributed by atoms with Crippen LogP contribution in [0.2, 0.25) is 5.02 Å². The largest absolute Gasteiger partial charge is 0.357 e. The molecular weight excluding hydrogens is 437 g/mol. The van der Waals surface area contributed by atoms with Gasteiger partial charge in [0.15, 0.2) is 5.96 Å². The van der Waals surface area contributed by atoms with E-state index in [-0.39, 0.29) is 24.0 Å². The molecule has 0 amide bonds. The van der Waals surface area contributed by atoms with E-state index in [1.165, 1.54) is 5.56 Å². The highest BCUT2D eigenvalue weighted by atomic mass is 127. The summed E-state index contributed by atoms with van der Waals surface area (Å²) in [5.74, 6) is 0.809. The van der Waals surface area contributed by atoms with Crippen LogP contribution in [-0.2, 0) is 13.1 Å². The third-order valence-electron chi connectivity index (χ3n) is 3.33. The molecule has 5 nitrogen and oxygen atoms in total. The Morgan fingerprint density at radius 3 is 2.75 bits per heavy atom. The van der Waals surface area contributed by atoms with Gasteiger partial charge in [0.2, 0.25) is 0 Å². The van der Waals surface area contributed by atoms with Crippen LogP contribution in [0, 0.1) is 6.92 Å². The summed E-state index contributed by atoms with van der Waals surface area (Å²) in [5, 5.41) is 11.6. The summed E-state index contributed by atoms with van der Waals surface area (Å²) in [6, 6.07) is 7.79. The highest BCUT2D eigenvalue weighted by molar-refractivity contribution is 14.0. The Kier molecular flexibility index (Phi) is 9.78. The maximum Gasteiger partial charge on any atom is 0.191 e. The zero-order valence-corrected chi connectivity index (χ0v) is 17.2. The van der Waals surface area contributed by atoms with Crippen molar-refractivity contribution in [3.05, 3.63) is 52.8 Å². The zero-order valence-electron chi connectivity index (χ0n) is 14.1. The number of aromatic nitrogens is 2. The van der Waals surface area contributed by atoms with Crippen molar-refractivity contribution >= 4 is 41.5 Å². The summed E-state index contributed by atoms with van der Waals surface area (Å²) in [5.41, 5.74) is 2.21. The van der Waals surface area contributed by atoms with Crippen molar-refractivity contribution in [2.75, 3.05) is 13.1 Å². The molecule has 0 aliphatic carbocycles. The van der Waals surface area contributed by atoms with Gasteiger partial charge in [0.05, 0.1) is 12.7 Å². The highest BCUT2D eigenvalue weighted by Gasteiger charge is 2.01. The molecule has 0 bridgehead atoms. The van der Waals surface area contributed by atoms with E-state index in [1.54, 1.807) is 0 Å². The van der Waals surface area contributed by atoms with Gasteiger partial charge in [-0.05, 0) is 37.5 Å². The van der Waals surface area contributed by atoms with Gasteiger partial charge in [-0.2, -0.15) is 5.10 Å². The smallest absolute Gasteiger partial charge is 0.191 e. The predicted molar refractivity (Wildman–Crippen MR) is 111 cm³/mol. The molecule has 2 rings (SSSR count). The lowest BCUT2D eigenvalue weighted by Crippen LogP contribution is -2.38. The van der Waals surface area contributed by atoms with Crippen LogP contribution in [0.1, 0.15) is 24.5 Å². The molecule has 0 radical (unpaired) electrons. The Bertz CT molecular complexity index is 641. The molecule has 24 heavy (non-hydrogen) atoms. The molecule has 0 aliphatic rings. The van der Waals surface area contributed by atoms with Crippen molar-refractivity contribution in [2.24, 2.45) is 4.99 Å². The average Bonchev–Trinajstić information content (AvgIpc) is 2.96. The minimum atomic E-state index is 0. The molecule has 0 saturated carbocycles. The quantitative estimate of drug-likeness (QED) is 0.287. The van der Waals surface area contributed by atoms with Crippen LogP contribution in [0.4, 0.5) is 0 Å². The van der Waals surface area contributed by atoms with Crippen molar-refractivity contribution in [2.45, 2.75) is 33.4 Å². The van der Waals surface area contributed by atoms with Gasteiger partial charge in [-0.15, -0.1) is 24.0 Å².